The van der Waals surface area contributed by atoms with Gasteiger partial charge in [0.25, 0.3) is 6.21 Å². The molecular formula is C19H26NO7+. The minimum absolute atomic E-state index is 0.0191. The Morgan fingerprint density at radius 3 is 2.52 bits per heavy atom. The number of carbonyl (C=O) groups is 1. The van der Waals surface area contributed by atoms with Gasteiger partial charge in [0.05, 0.1) is 20.3 Å². The minimum atomic E-state index is -0.912. The molecule has 27 heavy (non-hydrogen) atoms. The predicted octanol–water partition coefficient (Wildman–Crippen LogP) is 2.42. The molecule has 2 aliphatic rings. The molecular weight excluding hydrogens is 354 g/mol. The van der Waals surface area contributed by atoms with Crippen LogP contribution in [0.25, 0.3) is 0 Å². The predicted molar refractivity (Wildman–Crippen MR) is 94.2 cm³/mol. The normalized spacial score (nSPS) is 25.4. The summed E-state index contributed by atoms with van der Waals surface area (Å²) in [6.45, 7) is 1.34. The lowest BCUT2D eigenvalue weighted by Crippen LogP contribution is -2.48. The van der Waals surface area contributed by atoms with Gasteiger partial charge < -0.3 is 18.9 Å². The number of rotatable bonds is 6. The first-order chi connectivity index (χ1) is 13.0. The molecule has 3 rings (SSSR count). The second-order valence-electron chi connectivity index (χ2n) is 6.68. The van der Waals surface area contributed by atoms with E-state index < -0.39 is 24.3 Å². The summed E-state index contributed by atoms with van der Waals surface area (Å²) < 4.78 is 22.2. The van der Waals surface area contributed by atoms with Gasteiger partial charge in [-0.1, -0.05) is 18.9 Å². The van der Waals surface area contributed by atoms with Crippen LogP contribution in [0.4, 0.5) is 0 Å². The molecule has 1 saturated carbocycles. The maximum Gasteiger partial charge on any atom is 0.314 e. The maximum atomic E-state index is 11.7. The molecule has 1 heterocycles. The summed E-state index contributed by atoms with van der Waals surface area (Å²) in [7, 11) is 3.10. The molecule has 148 valence electrons. The van der Waals surface area contributed by atoms with Crippen molar-refractivity contribution in [3.63, 3.8) is 0 Å². The molecule has 1 aromatic carbocycles. The van der Waals surface area contributed by atoms with Crippen molar-refractivity contribution in [2.24, 2.45) is 0 Å². The fourth-order valence-corrected chi connectivity index (χ4v) is 3.57. The van der Waals surface area contributed by atoms with Crippen molar-refractivity contribution in [3.8, 4) is 11.5 Å². The fourth-order valence-electron chi connectivity index (χ4n) is 3.57. The van der Waals surface area contributed by atoms with E-state index in [2.05, 4.69) is 0 Å². The molecule has 3 atom stereocenters. The van der Waals surface area contributed by atoms with Crippen LogP contribution in [0, 0.1) is 0 Å². The number of methoxy groups -OCH3 is 2. The average Bonchev–Trinajstić information content (AvgIpc) is 3.15. The molecule has 8 heteroatoms. The zero-order chi connectivity index (χ0) is 19.4. The number of benzene rings is 1. The molecule has 1 aromatic rings. The Hall–Kier alpha value is -2.48. The molecule has 3 unspecified atom stereocenters. The zero-order valence-corrected chi connectivity index (χ0v) is 15.8. The van der Waals surface area contributed by atoms with Crippen molar-refractivity contribution in [1.29, 1.82) is 0 Å². The third-order valence-electron chi connectivity index (χ3n) is 4.85. The van der Waals surface area contributed by atoms with E-state index in [0.717, 1.165) is 31.2 Å². The number of ether oxygens (including phenoxy) is 4. The van der Waals surface area contributed by atoms with Crippen molar-refractivity contribution in [3.05, 3.63) is 23.8 Å². The van der Waals surface area contributed by atoms with E-state index in [1.807, 2.05) is 6.07 Å². The Labute approximate surface area is 158 Å². The number of hydrogen-bond acceptors (Lipinski definition) is 7. The van der Waals surface area contributed by atoms with E-state index in [-0.39, 0.29) is 6.10 Å². The van der Waals surface area contributed by atoms with Crippen LogP contribution >= 0.6 is 0 Å². The molecule has 0 amide bonds. The standard InChI is InChI=1S/C19H26NO7/c1-12(21)25-18-15(13-8-9-16(23-2)17(10-13)24-3)11-20(22)27-19(18)26-14-6-4-5-7-14/h8-11,14-15,18-19,22H,4-7H2,1-3H3/q+1. The number of carbonyl (C=O) groups excluding carboxylic acids is 1. The summed E-state index contributed by atoms with van der Waals surface area (Å²) in [4.78, 5) is 17.7. The van der Waals surface area contributed by atoms with Crippen molar-refractivity contribution in [2.45, 2.75) is 57.0 Å². The molecule has 1 aliphatic carbocycles. The molecule has 0 bridgehead atoms. The first-order valence-electron chi connectivity index (χ1n) is 9.06. The molecule has 8 nitrogen and oxygen atoms in total. The molecule has 1 N–H and O–H groups in total. The molecule has 0 saturated heterocycles. The molecule has 0 radical (unpaired) electrons. The summed E-state index contributed by atoms with van der Waals surface area (Å²) in [6, 6.07) is 5.37. The number of hydrogen-bond donors (Lipinski definition) is 1. The van der Waals surface area contributed by atoms with Crippen LogP contribution in [0.15, 0.2) is 18.2 Å². The van der Waals surface area contributed by atoms with Crippen molar-refractivity contribution in [1.82, 2.24) is 0 Å². The fraction of sp³-hybridized carbons (Fsp3) is 0.579. The van der Waals surface area contributed by atoms with Gasteiger partial charge in [-0.25, -0.2) is 5.21 Å². The zero-order valence-electron chi connectivity index (χ0n) is 15.8. The van der Waals surface area contributed by atoms with Crippen molar-refractivity contribution < 1.29 is 38.7 Å². The van der Waals surface area contributed by atoms with E-state index in [1.54, 1.807) is 26.4 Å². The van der Waals surface area contributed by atoms with Crippen molar-refractivity contribution in [2.75, 3.05) is 14.2 Å². The van der Waals surface area contributed by atoms with Gasteiger partial charge >= 0.3 is 12.3 Å². The Morgan fingerprint density at radius 1 is 1.19 bits per heavy atom. The van der Waals surface area contributed by atoms with Gasteiger partial charge in [-0.05, 0) is 30.5 Å². The van der Waals surface area contributed by atoms with Crippen molar-refractivity contribution >= 4 is 12.2 Å². The lowest BCUT2D eigenvalue weighted by atomic mass is 9.92. The Balaban J connectivity index is 1.92. The Kier molecular flexibility index (Phi) is 6.05. The summed E-state index contributed by atoms with van der Waals surface area (Å²) in [5.41, 5.74) is 0.765. The lowest BCUT2D eigenvalue weighted by molar-refractivity contribution is -0.976. The van der Waals surface area contributed by atoms with E-state index in [0.29, 0.717) is 16.4 Å². The third kappa shape index (κ3) is 4.44. The van der Waals surface area contributed by atoms with E-state index in [1.165, 1.54) is 13.1 Å². The summed E-state index contributed by atoms with van der Waals surface area (Å²) in [5.74, 6) is 0.180. The first-order valence-corrected chi connectivity index (χ1v) is 9.06. The highest BCUT2D eigenvalue weighted by Crippen LogP contribution is 2.35. The summed E-state index contributed by atoms with van der Waals surface area (Å²) in [6.07, 6.45) is 3.81. The van der Waals surface area contributed by atoms with Gasteiger partial charge in [-0.2, -0.15) is 4.84 Å². The Bertz CT molecular complexity index is 699. The molecule has 1 aliphatic heterocycles. The van der Waals surface area contributed by atoms with E-state index in [4.69, 9.17) is 23.8 Å². The quantitative estimate of drug-likeness (QED) is 0.599. The van der Waals surface area contributed by atoms with E-state index in [9.17, 15) is 10.0 Å². The van der Waals surface area contributed by atoms with Crippen LogP contribution in [-0.2, 0) is 19.1 Å². The molecule has 1 fully saturated rings. The second kappa shape index (κ2) is 8.47. The third-order valence-corrected chi connectivity index (χ3v) is 4.85. The van der Waals surface area contributed by atoms with Crippen LogP contribution in [0.1, 0.15) is 44.1 Å². The smallest absolute Gasteiger partial charge is 0.314 e. The topological polar surface area (TPSA) is 86.5 Å². The summed E-state index contributed by atoms with van der Waals surface area (Å²) >= 11 is 0. The monoisotopic (exact) mass is 380 g/mol. The summed E-state index contributed by atoms with van der Waals surface area (Å²) in [5, 5.41) is 10.0. The van der Waals surface area contributed by atoms with Gasteiger partial charge in [-0.3, -0.25) is 4.79 Å². The first kappa shape index (κ1) is 19.3. The van der Waals surface area contributed by atoms with Gasteiger partial charge in [0.2, 0.25) is 0 Å². The highest BCUT2D eigenvalue weighted by molar-refractivity contribution is 5.69. The van der Waals surface area contributed by atoms with Gasteiger partial charge in [-0.15, -0.1) is 0 Å². The van der Waals surface area contributed by atoms with Gasteiger partial charge in [0, 0.05) is 6.92 Å². The van der Waals surface area contributed by atoms with Gasteiger partial charge in [0.15, 0.2) is 22.5 Å². The second-order valence-corrected chi connectivity index (χ2v) is 6.68. The average molecular weight is 380 g/mol. The maximum absolute atomic E-state index is 11.7. The SMILES string of the molecule is COc1ccc(C2C=[N+](O)OC(OC3CCCC3)C2OC(C)=O)cc1OC. The highest BCUT2D eigenvalue weighted by atomic mass is 16.9. The van der Waals surface area contributed by atoms with Crippen LogP contribution in [0.2, 0.25) is 0 Å². The highest BCUT2D eigenvalue weighted by Gasteiger charge is 2.46. The van der Waals surface area contributed by atoms with Crippen LogP contribution in [0.3, 0.4) is 0 Å². The number of nitrogens with zero attached hydrogens (tertiary/aromatic N) is 1. The van der Waals surface area contributed by atoms with Crippen LogP contribution in [0.5, 0.6) is 11.5 Å². The van der Waals surface area contributed by atoms with Gasteiger partial charge in [0.1, 0.15) is 5.92 Å². The molecule has 0 spiro atoms. The lowest BCUT2D eigenvalue weighted by Gasteiger charge is -2.31. The molecule has 0 aromatic heterocycles. The van der Waals surface area contributed by atoms with E-state index >= 15 is 0 Å². The Morgan fingerprint density at radius 2 is 1.89 bits per heavy atom. The minimum Gasteiger partial charge on any atom is -0.493 e. The van der Waals surface area contributed by atoms with Crippen LogP contribution < -0.4 is 9.47 Å². The van der Waals surface area contributed by atoms with Crippen LogP contribution in [-0.4, -0.2) is 55.0 Å². The number of esters is 1. The largest absolute Gasteiger partial charge is 0.493 e.